The molecular weight excluding hydrogens is 318 g/mol. The molecule has 1 aromatic carbocycles. The average molecular weight is 343 g/mol. The van der Waals surface area contributed by atoms with Crippen molar-refractivity contribution in [1.29, 1.82) is 0 Å². The maximum Gasteiger partial charge on any atom is 0.251 e. The van der Waals surface area contributed by atoms with E-state index in [-0.39, 0.29) is 18.2 Å². The maximum atomic E-state index is 11.9. The lowest BCUT2D eigenvalue weighted by atomic mass is 10.1. The van der Waals surface area contributed by atoms with Gasteiger partial charge < -0.3 is 15.4 Å². The number of hydrogen-bond acceptors (Lipinski definition) is 5. The molecule has 1 rings (SSSR count). The predicted octanol–water partition coefficient (Wildman–Crippen LogP) is 0.0917. The van der Waals surface area contributed by atoms with Gasteiger partial charge >= 0.3 is 0 Å². The zero-order valence-electron chi connectivity index (χ0n) is 13.6. The molecule has 0 atom stereocenters. The molecule has 3 N–H and O–H groups in total. The summed E-state index contributed by atoms with van der Waals surface area (Å²) in [6, 6.07) is 6.85. The van der Waals surface area contributed by atoms with Gasteiger partial charge in [0, 0.05) is 38.9 Å². The summed E-state index contributed by atoms with van der Waals surface area (Å²) in [7, 11) is -1.57. The molecule has 0 aliphatic carbocycles. The van der Waals surface area contributed by atoms with Gasteiger partial charge in [0.05, 0.1) is 12.4 Å². The van der Waals surface area contributed by atoms with Crippen molar-refractivity contribution < 1.29 is 17.9 Å². The number of rotatable bonds is 11. The topological polar surface area (TPSA) is 96.5 Å². The lowest BCUT2D eigenvalue weighted by molar-refractivity contribution is 0.0953. The first-order chi connectivity index (χ1) is 11.0. The third kappa shape index (κ3) is 8.08. The lowest BCUT2D eigenvalue weighted by Gasteiger charge is -2.08. The van der Waals surface area contributed by atoms with Crippen LogP contribution in [0.15, 0.2) is 24.3 Å². The molecule has 0 bridgehead atoms. The summed E-state index contributed by atoms with van der Waals surface area (Å²) in [5.41, 5.74) is 1.35. The third-order valence-corrected chi connectivity index (χ3v) is 4.51. The van der Waals surface area contributed by atoms with Crippen molar-refractivity contribution in [2.24, 2.45) is 0 Å². The number of hydrogen-bond donors (Lipinski definition) is 3. The number of carbonyl (C=O) groups excluding carboxylic acids is 1. The fourth-order valence-corrected chi connectivity index (χ4v) is 2.33. The molecule has 130 valence electrons. The van der Waals surface area contributed by atoms with Crippen molar-refractivity contribution >= 4 is 15.9 Å². The van der Waals surface area contributed by atoms with Crippen LogP contribution in [0, 0.1) is 0 Å². The number of ether oxygens (including phenoxy) is 1. The Balaban J connectivity index is 2.36. The van der Waals surface area contributed by atoms with Crippen molar-refractivity contribution in [3.05, 3.63) is 35.4 Å². The normalized spacial score (nSPS) is 11.4. The van der Waals surface area contributed by atoms with Crippen LogP contribution in [0.2, 0.25) is 0 Å². The van der Waals surface area contributed by atoms with E-state index in [9.17, 15) is 13.2 Å². The summed E-state index contributed by atoms with van der Waals surface area (Å²) in [6.07, 6.45) is 0. The molecule has 7 nitrogen and oxygen atoms in total. The standard InChI is InChI=1S/C15H25N3O4S/c1-3-23(20,21)18-12-13-4-6-14(7-5-13)15(19)17-9-8-16-10-11-22-2/h4-7,16,18H,3,8-12H2,1-2H3,(H,17,19). The molecule has 0 saturated carbocycles. The third-order valence-electron chi connectivity index (χ3n) is 3.16. The van der Waals surface area contributed by atoms with E-state index in [2.05, 4.69) is 15.4 Å². The fraction of sp³-hybridized carbons (Fsp3) is 0.533. The second-order valence-corrected chi connectivity index (χ2v) is 7.02. The Kier molecular flexibility index (Phi) is 8.78. The van der Waals surface area contributed by atoms with Crippen molar-refractivity contribution in [1.82, 2.24) is 15.4 Å². The number of sulfonamides is 1. The minimum atomic E-state index is -3.21. The van der Waals surface area contributed by atoms with Gasteiger partial charge in [-0.2, -0.15) is 0 Å². The van der Waals surface area contributed by atoms with Crippen LogP contribution in [-0.4, -0.2) is 53.4 Å². The van der Waals surface area contributed by atoms with E-state index in [1.165, 1.54) is 0 Å². The Morgan fingerprint density at radius 3 is 2.43 bits per heavy atom. The number of benzene rings is 1. The first-order valence-electron chi connectivity index (χ1n) is 7.52. The summed E-state index contributed by atoms with van der Waals surface area (Å²) in [6.45, 7) is 4.39. The molecule has 0 fully saturated rings. The van der Waals surface area contributed by atoms with Gasteiger partial charge in [-0.05, 0) is 24.6 Å². The highest BCUT2D eigenvalue weighted by Gasteiger charge is 2.07. The summed E-state index contributed by atoms with van der Waals surface area (Å²) in [5, 5.41) is 5.94. The molecule has 1 amide bonds. The number of carbonyl (C=O) groups is 1. The molecule has 0 unspecified atom stereocenters. The van der Waals surface area contributed by atoms with E-state index < -0.39 is 10.0 Å². The Morgan fingerprint density at radius 2 is 1.83 bits per heavy atom. The number of amides is 1. The van der Waals surface area contributed by atoms with Crippen molar-refractivity contribution in [3.8, 4) is 0 Å². The summed E-state index contributed by atoms with van der Waals surface area (Å²) < 4.78 is 30.1. The summed E-state index contributed by atoms with van der Waals surface area (Å²) in [4.78, 5) is 11.9. The van der Waals surface area contributed by atoms with Gasteiger partial charge in [-0.15, -0.1) is 0 Å². The molecule has 23 heavy (non-hydrogen) atoms. The second-order valence-electron chi connectivity index (χ2n) is 4.92. The van der Waals surface area contributed by atoms with Gasteiger partial charge in [-0.1, -0.05) is 12.1 Å². The highest BCUT2D eigenvalue weighted by Crippen LogP contribution is 2.05. The van der Waals surface area contributed by atoms with Gasteiger partial charge in [0.1, 0.15) is 0 Å². The predicted molar refractivity (Wildman–Crippen MR) is 89.8 cm³/mol. The Bertz CT molecular complexity index is 573. The number of nitrogens with one attached hydrogen (secondary N) is 3. The molecule has 0 aliphatic rings. The zero-order valence-corrected chi connectivity index (χ0v) is 14.4. The fourth-order valence-electron chi connectivity index (χ4n) is 1.74. The first-order valence-corrected chi connectivity index (χ1v) is 9.18. The van der Waals surface area contributed by atoms with Gasteiger partial charge in [-0.3, -0.25) is 4.79 Å². The molecule has 8 heteroatoms. The van der Waals surface area contributed by atoms with Crippen LogP contribution < -0.4 is 15.4 Å². The van der Waals surface area contributed by atoms with Gasteiger partial charge in [-0.25, -0.2) is 13.1 Å². The quantitative estimate of drug-likeness (QED) is 0.495. The van der Waals surface area contributed by atoms with E-state index >= 15 is 0 Å². The van der Waals surface area contributed by atoms with E-state index in [4.69, 9.17) is 4.74 Å². The molecule has 0 spiro atoms. The molecular formula is C15H25N3O4S. The van der Waals surface area contributed by atoms with Crippen molar-refractivity contribution in [3.63, 3.8) is 0 Å². The van der Waals surface area contributed by atoms with E-state index in [0.717, 1.165) is 12.1 Å². The van der Waals surface area contributed by atoms with E-state index in [1.54, 1.807) is 38.3 Å². The van der Waals surface area contributed by atoms with E-state index in [0.29, 0.717) is 25.3 Å². The average Bonchev–Trinajstić information content (AvgIpc) is 2.56. The van der Waals surface area contributed by atoms with Crippen LogP contribution in [0.4, 0.5) is 0 Å². The Hall–Kier alpha value is -1.48. The van der Waals surface area contributed by atoms with Crippen LogP contribution in [0.25, 0.3) is 0 Å². The molecule has 0 aliphatic heterocycles. The maximum absolute atomic E-state index is 11.9. The van der Waals surface area contributed by atoms with Crippen molar-refractivity contribution in [2.75, 3.05) is 39.1 Å². The second kappa shape index (κ2) is 10.3. The minimum Gasteiger partial charge on any atom is -0.383 e. The summed E-state index contributed by atoms with van der Waals surface area (Å²) >= 11 is 0. The SMILES string of the molecule is CCS(=O)(=O)NCc1ccc(C(=O)NCCNCCOC)cc1. The smallest absolute Gasteiger partial charge is 0.251 e. The summed E-state index contributed by atoms with van der Waals surface area (Å²) in [5.74, 6) is -0.106. The van der Waals surface area contributed by atoms with Crippen molar-refractivity contribution in [2.45, 2.75) is 13.5 Å². The molecule has 1 aromatic rings. The minimum absolute atomic E-state index is 0.0475. The van der Waals surface area contributed by atoms with Crippen LogP contribution >= 0.6 is 0 Å². The van der Waals surface area contributed by atoms with Gasteiger partial charge in [0.25, 0.3) is 5.91 Å². The van der Waals surface area contributed by atoms with Crippen LogP contribution in [-0.2, 0) is 21.3 Å². The van der Waals surface area contributed by atoms with Gasteiger partial charge in [0.2, 0.25) is 10.0 Å². The van der Waals surface area contributed by atoms with Crippen LogP contribution in [0.3, 0.4) is 0 Å². The lowest BCUT2D eigenvalue weighted by Crippen LogP contribution is -2.33. The zero-order chi connectivity index (χ0) is 17.1. The molecule has 0 aromatic heterocycles. The van der Waals surface area contributed by atoms with E-state index in [1.807, 2.05) is 0 Å². The molecule has 0 saturated heterocycles. The first kappa shape index (κ1) is 19.6. The Labute approximate surface area is 137 Å². The monoisotopic (exact) mass is 343 g/mol. The van der Waals surface area contributed by atoms with Crippen LogP contribution in [0.5, 0.6) is 0 Å². The highest BCUT2D eigenvalue weighted by atomic mass is 32.2. The Morgan fingerprint density at radius 1 is 1.13 bits per heavy atom. The largest absolute Gasteiger partial charge is 0.383 e. The molecule has 0 radical (unpaired) electrons. The highest BCUT2D eigenvalue weighted by molar-refractivity contribution is 7.89. The molecule has 0 heterocycles. The van der Waals surface area contributed by atoms with Crippen LogP contribution in [0.1, 0.15) is 22.8 Å². The number of methoxy groups -OCH3 is 1. The van der Waals surface area contributed by atoms with Gasteiger partial charge in [0.15, 0.2) is 0 Å².